The molecule has 6 heteroatoms. The zero-order chi connectivity index (χ0) is 14.0. The Balaban J connectivity index is 1.95. The third-order valence-electron chi connectivity index (χ3n) is 3.42. The zero-order valence-corrected chi connectivity index (χ0v) is 12.7. The van der Waals surface area contributed by atoms with Gasteiger partial charge in [-0.3, -0.25) is 0 Å². The molecule has 0 aromatic heterocycles. The first-order valence-electron chi connectivity index (χ1n) is 6.19. The van der Waals surface area contributed by atoms with Crippen LogP contribution in [-0.4, -0.2) is 31.1 Å². The fourth-order valence-corrected chi connectivity index (χ4v) is 4.76. The third kappa shape index (κ3) is 4.09. The summed E-state index contributed by atoms with van der Waals surface area (Å²) in [6, 6.07) is 5.31. The fraction of sp³-hybridized carbons (Fsp3) is 0.538. The first-order chi connectivity index (χ1) is 8.87. The number of aliphatic hydroxyl groups is 1. The third-order valence-corrected chi connectivity index (χ3v) is 6.11. The lowest BCUT2D eigenvalue weighted by molar-refractivity contribution is 0.147. The van der Waals surface area contributed by atoms with E-state index in [4.69, 9.17) is 23.2 Å². The molecule has 0 bridgehead atoms. The summed E-state index contributed by atoms with van der Waals surface area (Å²) in [7, 11) is -2.89. The van der Waals surface area contributed by atoms with Gasteiger partial charge in [0.1, 0.15) is 0 Å². The van der Waals surface area contributed by atoms with E-state index in [1.807, 2.05) is 6.07 Å². The molecule has 2 unspecified atom stereocenters. The van der Waals surface area contributed by atoms with E-state index in [2.05, 4.69) is 0 Å². The molecule has 0 radical (unpaired) electrons. The van der Waals surface area contributed by atoms with Gasteiger partial charge in [0.2, 0.25) is 0 Å². The minimum absolute atomic E-state index is 0.0537. The van der Waals surface area contributed by atoms with Gasteiger partial charge in [-0.15, -0.1) is 0 Å². The van der Waals surface area contributed by atoms with Crippen molar-refractivity contribution < 1.29 is 13.5 Å². The summed E-state index contributed by atoms with van der Waals surface area (Å²) in [5.41, 5.74) is 0.794. The number of sulfone groups is 1. The van der Waals surface area contributed by atoms with Crippen LogP contribution in [-0.2, 0) is 16.3 Å². The number of rotatable bonds is 4. The predicted molar refractivity (Wildman–Crippen MR) is 77.6 cm³/mol. The topological polar surface area (TPSA) is 54.4 Å². The van der Waals surface area contributed by atoms with Gasteiger partial charge in [0.05, 0.1) is 27.7 Å². The standard InChI is InChI=1S/C13H16Cl2O3S/c14-12-3-1-2-10(13(12)15)7-11(16)6-9-4-5-19(17,18)8-9/h1-3,9,11,16H,4-8H2. The first-order valence-corrected chi connectivity index (χ1v) is 8.76. The highest BCUT2D eigenvalue weighted by molar-refractivity contribution is 7.91. The van der Waals surface area contributed by atoms with Gasteiger partial charge >= 0.3 is 0 Å². The van der Waals surface area contributed by atoms with Gasteiger partial charge in [0.25, 0.3) is 0 Å². The van der Waals surface area contributed by atoms with Gasteiger partial charge in [0.15, 0.2) is 9.84 Å². The van der Waals surface area contributed by atoms with Crippen LogP contribution >= 0.6 is 23.2 Å². The van der Waals surface area contributed by atoms with Crippen molar-refractivity contribution in [3.63, 3.8) is 0 Å². The lowest BCUT2D eigenvalue weighted by Gasteiger charge is -2.15. The number of hydrogen-bond donors (Lipinski definition) is 1. The van der Waals surface area contributed by atoms with Crippen molar-refractivity contribution in [2.45, 2.75) is 25.4 Å². The molecule has 3 nitrogen and oxygen atoms in total. The molecular formula is C13H16Cl2O3S. The molecule has 106 valence electrons. The molecule has 0 aliphatic carbocycles. The predicted octanol–water partition coefficient (Wildman–Crippen LogP) is 2.72. The first kappa shape index (κ1) is 15.1. The summed E-state index contributed by atoms with van der Waals surface area (Å²) in [6.45, 7) is 0. The maximum absolute atomic E-state index is 11.4. The quantitative estimate of drug-likeness (QED) is 0.927. The number of benzene rings is 1. The largest absolute Gasteiger partial charge is 0.393 e. The van der Waals surface area contributed by atoms with Crippen molar-refractivity contribution in [1.82, 2.24) is 0 Å². The van der Waals surface area contributed by atoms with Crippen LogP contribution < -0.4 is 0 Å². The van der Waals surface area contributed by atoms with Crippen LogP contribution in [0.3, 0.4) is 0 Å². The van der Waals surface area contributed by atoms with Crippen molar-refractivity contribution >= 4 is 33.0 Å². The molecule has 1 aromatic rings. The SMILES string of the molecule is O=S1(=O)CCC(CC(O)Cc2cccc(Cl)c2Cl)C1. The second-order valence-corrected chi connectivity index (χ2v) is 8.09. The molecule has 1 fully saturated rings. The highest BCUT2D eigenvalue weighted by Gasteiger charge is 2.29. The van der Waals surface area contributed by atoms with E-state index < -0.39 is 15.9 Å². The summed E-state index contributed by atoms with van der Waals surface area (Å²) in [6.07, 6.45) is 0.940. The molecule has 0 saturated carbocycles. The van der Waals surface area contributed by atoms with Crippen molar-refractivity contribution in [2.75, 3.05) is 11.5 Å². The monoisotopic (exact) mass is 322 g/mol. The summed E-state index contributed by atoms with van der Waals surface area (Å²) >= 11 is 12.0. The molecule has 2 atom stereocenters. The van der Waals surface area contributed by atoms with Gasteiger partial charge < -0.3 is 5.11 Å². The Kier molecular flexibility index (Phi) is 4.77. The van der Waals surface area contributed by atoms with Crippen molar-refractivity contribution in [3.05, 3.63) is 33.8 Å². The average Bonchev–Trinajstić information content (AvgIpc) is 2.64. The van der Waals surface area contributed by atoms with E-state index in [-0.39, 0.29) is 17.4 Å². The molecule has 1 saturated heterocycles. The summed E-state index contributed by atoms with van der Waals surface area (Å²) < 4.78 is 22.7. The molecule has 1 aliphatic rings. The molecule has 0 spiro atoms. The van der Waals surface area contributed by atoms with Crippen LogP contribution in [0.25, 0.3) is 0 Å². The zero-order valence-electron chi connectivity index (χ0n) is 10.4. The second-order valence-electron chi connectivity index (χ2n) is 5.08. The number of hydrogen-bond acceptors (Lipinski definition) is 3. The Labute approximate surface area is 123 Å². The smallest absolute Gasteiger partial charge is 0.150 e. The number of halogens is 2. The Hall–Kier alpha value is -0.290. The molecule has 0 amide bonds. The molecule has 1 aromatic carbocycles. The maximum atomic E-state index is 11.4. The number of aliphatic hydroxyl groups excluding tert-OH is 1. The molecular weight excluding hydrogens is 307 g/mol. The maximum Gasteiger partial charge on any atom is 0.150 e. The molecule has 1 aliphatic heterocycles. The Bertz CT molecular complexity index is 557. The van der Waals surface area contributed by atoms with E-state index in [9.17, 15) is 13.5 Å². The second kappa shape index (κ2) is 6.00. The Morgan fingerprint density at radius 1 is 1.37 bits per heavy atom. The van der Waals surface area contributed by atoms with E-state index in [1.165, 1.54) is 0 Å². The molecule has 19 heavy (non-hydrogen) atoms. The highest BCUT2D eigenvalue weighted by atomic mass is 35.5. The van der Waals surface area contributed by atoms with E-state index in [1.54, 1.807) is 12.1 Å². The fourth-order valence-electron chi connectivity index (χ4n) is 2.49. The highest BCUT2D eigenvalue weighted by Crippen LogP contribution is 2.28. The summed E-state index contributed by atoms with van der Waals surface area (Å²) in [5.74, 6) is 0.480. The van der Waals surface area contributed by atoms with Crippen LogP contribution in [0.15, 0.2) is 18.2 Å². The van der Waals surface area contributed by atoms with Gasteiger partial charge in [-0.1, -0.05) is 35.3 Å². The van der Waals surface area contributed by atoms with Crippen molar-refractivity contribution in [2.24, 2.45) is 5.92 Å². The summed E-state index contributed by atoms with van der Waals surface area (Å²) in [4.78, 5) is 0. The Morgan fingerprint density at radius 3 is 2.74 bits per heavy atom. The van der Waals surface area contributed by atoms with Crippen LogP contribution in [0, 0.1) is 5.92 Å². The molecule has 2 rings (SSSR count). The van der Waals surface area contributed by atoms with Crippen LogP contribution in [0.5, 0.6) is 0 Å². The van der Waals surface area contributed by atoms with Crippen LogP contribution in [0.1, 0.15) is 18.4 Å². The lowest BCUT2D eigenvalue weighted by atomic mass is 9.97. The minimum atomic E-state index is -2.89. The lowest BCUT2D eigenvalue weighted by Crippen LogP contribution is -2.17. The molecule has 1 heterocycles. The normalized spacial score (nSPS) is 23.4. The van der Waals surface area contributed by atoms with Crippen molar-refractivity contribution in [1.29, 1.82) is 0 Å². The van der Waals surface area contributed by atoms with E-state index >= 15 is 0 Å². The van der Waals surface area contributed by atoms with Gasteiger partial charge in [-0.25, -0.2) is 8.42 Å². The summed E-state index contributed by atoms with van der Waals surface area (Å²) in [5, 5.41) is 11.0. The van der Waals surface area contributed by atoms with Crippen LogP contribution in [0.4, 0.5) is 0 Å². The van der Waals surface area contributed by atoms with Gasteiger partial charge in [-0.05, 0) is 36.8 Å². The average molecular weight is 323 g/mol. The van der Waals surface area contributed by atoms with Gasteiger partial charge in [-0.2, -0.15) is 0 Å². The van der Waals surface area contributed by atoms with Gasteiger partial charge in [0, 0.05) is 0 Å². The minimum Gasteiger partial charge on any atom is -0.393 e. The Morgan fingerprint density at radius 2 is 2.11 bits per heavy atom. The van der Waals surface area contributed by atoms with E-state index in [0.29, 0.717) is 29.3 Å². The van der Waals surface area contributed by atoms with Crippen LogP contribution in [0.2, 0.25) is 10.0 Å². The molecule has 1 N–H and O–H groups in total. The van der Waals surface area contributed by atoms with Crippen molar-refractivity contribution in [3.8, 4) is 0 Å². The van der Waals surface area contributed by atoms with E-state index in [0.717, 1.165) is 5.56 Å².